The fraction of sp³-hybridized carbons (Fsp3) is 0.889. The molecular weight excluding hydrogens is 184 g/mol. The molecule has 0 fully saturated rings. The Hall–Kier alpha value is -0.220. The highest BCUT2D eigenvalue weighted by Crippen LogP contribution is 2.10. The summed E-state index contributed by atoms with van der Waals surface area (Å²) in [6, 6.07) is 0. The number of hydrogen-bond acceptors (Lipinski definition) is 3. The van der Waals surface area contributed by atoms with Gasteiger partial charge in [0.1, 0.15) is 0 Å². The standard InChI is InChI=1S/C9H20N2OS/c1-7(13-6-5-10)8(12)11-9(2,3)4/h7H,5-6,10H2,1-4H3,(H,11,12). The molecule has 0 saturated heterocycles. The summed E-state index contributed by atoms with van der Waals surface area (Å²) in [6.07, 6.45) is 0. The van der Waals surface area contributed by atoms with E-state index in [0.29, 0.717) is 6.54 Å². The van der Waals surface area contributed by atoms with E-state index < -0.39 is 0 Å². The molecule has 3 nitrogen and oxygen atoms in total. The average Bonchev–Trinajstić information content (AvgIpc) is 1.96. The van der Waals surface area contributed by atoms with Crippen LogP contribution in [0.4, 0.5) is 0 Å². The maximum absolute atomic E-state index is 11.5. The van der Waals surface area contributed by atoms with E-state index in [4.69, 9.17) is 5.73 Å². The molecule has 0 aromatic carbocycles. The lowest BCUT2D eigenvalue weighted by Gasteiger charge is -2.22. The molecule has 0 aliphatic carbocycles. The fourth-order valence-corrected chi connectivity index (χ4v) is 1.49. The highest BCUT2D eigenvalue weighted by atomic mass is 32.2. The highest BCUT2D eigenvalue weighted by molar-refractivity contribution is 8.00. The SMILES string of the molecule is CC(SCCN)C(=O)NC(C)(C)C. The second-order valence-corrected chi connectivity index (χ2v) is 5.49. The fourth-order valence-electron chi connectivity index (χ4n) is 0.792. The topological polar surface area (TPSA) is 55.1 Å². The molecular formula is C9H20N2OS. The molecule has 4 heteroatoms. The Morgan fingerprint density at radius 2 is 2.08 bits per heavy atom. The smallest absolute Gasteiger partial charge is 0.233 e. The van der Waals surface area contributed by atoms with Crippen LogP contribution in [0.25, 0.3) is 0 Å². The predicted molar refractivity (Wildman–Crippen MR) is 58.9 cm³/mol. The summed E-state index contributed by atoms with van der Waals surface area (Å²) in [4.78, 5) is 11.5. The van der Waals surface area contributed by atoms with Crippen LogP contribution in [-0.2, 0) is 4.79 Å². The monoisotopic (exact) mass is 204 g/mol. The number of hydrogen-bond donors (Lipinski definition) is 2. The summed E-state index contributed by atoms with van der Waals surface area (Å²) in [6.45, 7) is 8.46. The Balaban J connectivity index is 3.83. The van der Waals surface area contributed by atoms with Crippen molar-refractivity contribution >= 4 is 17.7 Å². The van der Waals surface area contributed by atoms with Crippen LogP contribution in [0.1, 0.15) is 27.7 Å². The molecule has 1 amide bonds. The lowest BCUT2D eigenvalue weighted by Crippen LogP contribution is -2.44. The van der Waals surface area contributed by atoms with Crippen molar-refractivity contribution in [3.05, 3.63) is 0 Å². The first-order valence-corrected chi connectivity index (χ1v) is 5.55. The van der Waals surface area contributed by atoms with Crippen LogP contribution < -0.4 is 11.1 Å². The summed E-state index contributed by atoms with van der Waals surface area (Å²) in [5, 5.41) is 2.92. The van der Waals surface area contributed by atoms with E-state index in [-0.39, 0.29) is 16.7 Å². The van der Waals surface area contributed by atoms with Crippen molar-refractivity contribution in [3.8, 4) is 0 Å². The molecule has 0 rings (SSSR count). The van der Waals surface area contributed by atoms with E-state index in [0.717, 1.165) is 5.75 Å². The Kier molecular flexibility index (Phi) is 5.40. The predicted octanol–water partition coefficient (Wildman–Crippen LogP) is 0.981. The Labute approximate surface area is 84.8 Å². The molecule has 0 aromatic heterocycles. The molecule has 1 atom stereocenters. The summed E-state index contributed by atoms with van der Waals surface area (Å²) in [5.74, 6) is 0.921. The lowest BCUT2D eigenvalue weighted by atomic mass is 10.1. The van der Waals surface area contributed by atoms with Crippen molar-refractivity contribution in [2.24, 2.45) is 5.73 Å². The quantitative estimate of drug-likeness (QED) is 0.718. The zero-order valence-electron chi connectivity index (χ0n) is 8.89. The number of carbonyl (C=O) groups is 1. The second kappa shape index (κ2) is 5.50. The van der Waals surface area contributed by atoms with Crippen molar-refractivity contribution in [1.82, 2.24) is 5.32 Å². The van der Waals surface area contributed by atoms with Gasteiger partial charge in [0.2, 0.25) is 5.91 Å². The number of nitrogens with one attached hydrogen (secondary N) is 1. The van der Waals surface area contributed by atoms with E-state index in [9.17, 15) is 4.79 Å². The van der Waals surface area contributed by atoms with E-state index in [2.05, 4.69) is 5.32 Å². The minimum atomic E-state index is -0.144. The van der Waals surface area contributed by atoms with Gasteiger partial charge < -0.3 is 11.1 Å². The van der Waals surface area contributed by atoms with Crippen molar-refractivity contribution < 1.29 is 4.79 Å². The van der Waals surface area contributed by atoms with E-state index in [1.807, 2.05) is 27.7 Å². The van der Waals surface area contributed by atoms with Gasteiger partial charge in [0.15, 0.2) is 0 Å². The summed E-state index contributed by atoms with van der Waals surface area (Å²) in [5.41, 5.74) is 5.21. The van der Waals surface area contributed by atoms with Gasteiger partial charge in [-0.3, -0.25) is 4.79 Å². The molecule has 78 valence electrons. The van der Waals surface area contributed by atoms with Crippen molar-refractivity contribution in [2.75, 3.05) is 12.3 Å². The Bertz CT molecular complexity index is 165. The van der Waals surface area contributed by atoms with Crippen LogP contribution >= 0.6 is 11.8 Å². The molecule has 0 bridgehead atoms. The van der Waals surface area contributed by atoms with Crippen LogP contribution in [0.2, 0.25) is 0 Å². The summed E-state index contributed by atoms with van der Waals surface area (Å²) < 4.78 is 0. The van der Waals surface area contributed by atoms with E-state index in [1.165, 1.54) is 0 Å². The Morgan fingerprint density at radius 1 is 1.54 bits per heavy atom. The zero-order valence-corrected chi connectivity index (χ0v) is 9.70. The molecule has 0 aliphatic heterocycles. The number of amides is 1. The van der Waals surface area contributed by atoms with Gasteiger partial charge in [0, 0.05) is 17.8 Å². The van der Waals surface area contributed by atoms with Crippen LogP contribution in [0.5, 0.6) is 0 Å². The van der Waals surface area contributed by atoms with Gasteiger partial charge in [-0.2, -0.15) is 0 Å². The largest absolute Gasteiger partial charge is 0.351 e. The van der Waals surface area contributed by atoms with Gasteiger partial charge in [0.05, 0.1) is 5.25 Å². The molecule has 0 aromatic rings. The van der Waals surface area contributed by atoms with E-state index in [1.54, 1.807) is 11.8 Å². The van der Waals surface area contributed by atoms with Crippen molar-refractivity contribution in [1.29, 1.82) is 0 Å². The number of thioether (sulfide) groups is 1. The van der Waals surface area contributed by atoms with Gasteiger partial charge in [-0.25, -0.2) is 0 Å². The third-order valence-corrected chi connectivity index (χ3v) is 2.54. The zero-order chi connectivity index (χ0) is 10.5. The molecule has 1 unspecified atom stereocenters. The minimum Gasteiger partial charge on any atom is -0.351 e. The van der Waals surface area contributed by atoms with Crippen LogP contribution in [0.3, 0.4) is 0 Å². The number of carbonyl (C=O) groups excluding carboxylic acids is 1. The summed E-state index contributed by atoms with van der Waals surface area (Å²) in [7, 11) is 0. The van der Waals surface area contributed by atoms with Crippen molar-refractivity contribution in [2.45, 2.75) is 38.5 Å². The first-order chi connectivity index (χ1) is 5.87. The number of nitrogens with two attached hydrogens (primary N) is 1. The average molecular weight is 204 g/mol. The first kappa shape index (κ1) is 12.8. The van der Waals surface area contributed by atoms with Crippen molar-refractivity contribution in [3.63, 3.8) is 0 Å². The lowest BCUT2D eigenvalue weighted by molar-refractivity contribution is -0.121. The molecule has 0 heterocycles. The summed E-state index contributed by atoms with van der Waals surface area (Å²) >= 11 is 1.59. The van der Waals surface area contributed by atoms with Gasteiger partial charge in [0.25, 0.3) is 0 Å². The van der Waals surface area contributed by atoms with Gasteiger partial charge in [-0.05, 0) is 27.7 Å². The van der Waals surface area contributed by atoms with Crippen LogP contribution in [-0.4, -0.2) is 29.0 Å². The number of rotatable bonds is 4. The van der Waals surface area contributed by atoms with E-state index >= 15 is 0 Å². The molecule has 0 aliphatic rings. The van der Waals surface area contributed by atoms with Gasteiger partial charge >= 0.3 is 0 Å². The maximum atomic E-state index is 11.5. The minimum absolute atomic E-state index is 0.0113. The third kappa shape index (κ3) is 6.90. The maximum Gasteiger partial charge on any atom is 0.233 e. The molecule has 3 N–H and O–H groups in total. The van der Waals surface area contributed by atoms with Crippen LogP contribution in [0.15, 0.2) is 0 Å². The normalized spacial score (nSPS) is 13.9. The molecule has 0 saturated carbocycles. The highest BCUT2D eigenvalue weighted by Gasteiger charge is 2.18. The molecule has 0 spiro atoms. The third-order valence-electron chi connectivity index (χ3n) is 1.35. The molecule has 13 heavy (non-hydrogen) atoms. The first-order valence-electron chi connectivity index (χ1n) is 4.50. The second-order valence-electron chi connectivity index (χ2n) is 4.04. The Morgan fingerprint density at radius 3 is 2.46 bits per heavy atom. The van der Waals surface area contributed by atoms with Gasteiger partial charge in [-0.1, -0.05) is 0 Å². The molecule has 0 radical (unpaired) electrons. The van der Waals surface area contributed by atoms with Gasteiger partial charge in [-0.15, -0.1) is 11.8 Å². The van der Waals surface area contributed by atoms with Crippen LogP contribution in [0, 0.1) is 0 Å².